The molecule has 2 fully saturated rings. The molecule has 1 aliphatic heterocycles. The van der Waals surface area contributed by atoms with E-state index in [-0.39, 0.29) is 12.0 Å². The van der Waals surface area contributed by atoms with Gasteiger partial charge in [-0.3, -0.25) is 4.79 Å². The van der Waals surface area contributed by atoms with Gasteiger partial charge in [-0.05, 0) is 25.7 Å². The van der Waals surface area contributed by atoms with Crippen molar-refractivity contribution < 1.29 is 9.53 Å². The molecule has 62 valence electrons. The Balaban J connectivity index is 2.05. The highest BCUT2D eigenvalue weighted by molar-refractivity contribution is 5.82. The zero-order valence-corrected chi connectivity index (χ0v) is 6.71. The molecule has 0 N–H and O–H groups in total. The molecule has 0 radical (unpaired) electrons. The number of hydrogen-bond acceptors (Lipinski definition) is 2. The van der Waals surface area contributed by atoms with Crippen LogP contribution in [0.4, 0.5) is 0 Å². The monoisotopic (exact) mass is 154 g/mol. The van der Waals surface area contributed by atoms with Gasteiger partial charge in [0.1, 0.15) is 5.78 Å². The van der Waals surface area contributed by atoms with Crippen molar-refractivity contribution in [3.8, 4) is 0 Å². The summed E-state index contributed by atoms with van der Waals surface area (Å²) in [7, 11) is 0. The van der Waals surface area contributed by atoms with Crippen molar-refractivity contribution in [3.63, 3.8) is 0 Å². The molecule has 0 aromatic carbocycles. The van der Waals surface area contributed by atoms with E-state index in [1.54, 1.807) is 0 Å². The van der Waals surface area contributed by atoms with E-state index in [2.05, 4.69) is 0 Å². The highest BCUT2D eigenvalue weighted by Crippen LogP contribution is 2.30. The maximum Gasteiger partial charge on any atom is 0.138 e. The standard InChI is InChI=1S/C9H14O2/c10-8-4-1-5-9-7(8)3-2-6-11-9/h7,9H,1-6H2. The number of rotatable bonds is 0. The van der Waals surface area contributed by atoms with Gasteiger partial charge < -0.3 is 4.74 Å². The van der Waals surface area contributed by atoms with Crippen LogP contribution in [0.3, 0.4) is 0 Å². The van der Waals surface area contributed by atoms with Gasteiger partial charge in [0.15, 0.2) is 0 Å². The first-order valence-electron chi connectivity index (χ1n) is 4.52. The molecular formula is C9H14O2. The van der Waals surface area contributed by atoms with E-state index in [1.807, 2.05) is 0 Å². The molecule has 2 rings (SSSR count). The van der Waals surface area contributed by atoms with E-state index in [0.29, 0.717) is 5.78 Å². The zero-order valence-electron chi connectivity index (χ0n) is 6.71. The van der Waals surface area contributed by atoms with Crippen LogP contribution in [0.1, 0.15) is 32.1 Å². The lowest BCUT2D eigenvalue weighted by atomic mass is 9.81. The molecule has 11 heavy (non-hydrogen) atoms. The Morgan fingerprint density at radius 3 is 3.00 bits per heavy atom. The first kappa shape index (κ1) is 7.29. The van der Waals surface area contributed by atoms with E-state index in [9.17, 15) is 4.79 Å². The maximum absolute atomic E-state index is 11.3. The molecule has 1 saturated heterocycles. The lowest BCUT2D eigenvalue weighted by Crippen LogP contribution is -2.38. The van der Waals surface area contributed by atoms with Crippen LogP contribution in [0.15, 0.2) is 0 Å². The predicted molar refractivity (Wildman–Crippen MR) is 41.3 cm³/mol. The molecule has 2 aliphatic rings. The fourth-order valence-corrected chi connectivity index (χ4v) is 2.16. The van der Waals surface area contributed by atoms with Crippen molar-refractivity contribution >= 4 is 5.78 Å². The van der Waals surface area contributed by atoms with Gasteiger partial charge in [-0.15, -0.1) is 0 Å². The van der Waals surface area contributed by atoms with E-state index in [0.717, 1.165) is 38.7 Å². The average Bonchev–Trinajstić information content (AvgIpc) is 2.06. The second kappa shape index (κ2) is 2.94. The summed E-state index contributed by atoms with van der Waals surface area (Å²) in [5, 5.41) is 0. The Hall–Kier alpha value is -0.370. The van der Waals surface area contributed by atoms with Crippen LogP contribution >= 0.6 is 0 Å². The molecule has 0 aromatic heterocycles. The molecule has 2 unspecified atom stereocenters. The lowest BCUT2D eigenvalue weighted by Gasteiger charge is -2.34. The van der Waals surface area contributed by atoms with Crippen molar-refractivity contribution in [2.24, 2.45) is 5.92 Å². The number of ether oxygens (including phenoxy) is 1. The van der Waals surface area contributed by atoms with Gasteiger partial charge in [0, 0.05) is 18.9 Å². The summed E-state index contributed by atoms with van der Waals surface area (Å²) in [4.78, 5) is 11.3. The Labute approximate surface area is 66.9 Å². The fraction of sp³-hybridized carbons (Fsp3) is 0.889. The van der Waals surface area contributed by atoms with Gasteiger partial charge in [0.2, 0.25) is 0 Å². The normalized spacial score (nSPS) is 38.4. The van der Waals surface area contributed by atoms with Gasteiger partial charge in [0.05, 0.1) is 6.10 Å². The predicted octanol–water partition coefficient (Wildman–Crippen LogP) is 1.53. The molecule has 2 nitrogen and oxygen atoms in total. The lowest BCUT2D eigenvalue weighted by molar-refractivity contribution is -0.136. The summed E-state index contributed by atoms with van der Waals surface area (Å²) in [6.45, 7) is 0.869. The minimum atomic E-state index is 0.262. The van der Waals surface area contributed by atoms with Crippen LogP contribution < -0.4 is 0 Å². The molecule has 1 heterocycles. The molecule has 0 spiro atoms. The topological polar surface area (TPSA) is 26.3 Å². The Morgan fingerprint density at radius 1 is 1.27 bits per heavy atom. The summed E-state index contributed by atoms with van der Waals surface area (Å²) < 4.78 is 5.53. The molecule has 2 atom stereocenters. The largest absolute Gasteiger partial charge is 0.377 e. The molecule has 0 bridgehead atoms. The summed E-state index contributed by atoms with van der Waals surface area (Å²) in [5.74, 6) is 0.707. The van der Waals surface area contributed by atoms with E-state index >= 15 is 0 Å². The number of ketones is 1. The minimum Gasteiger partial charge on any atom is -0.377 e. The summed E-state index contributed by atoms with van der Waals surface area (Å²) in [5.41, 5.74) is 0. The van der Waals surface area contributed by atoms with Crippen LogP contribution in [-0.2, 0) is 9.53 Å². The van der Waals surface area contributed by atoms with E-state index in [4.69, 9.17) is 4.74 Å². The number of fused-ring (bicyclic) bond motifs is 1. The van der Waals surface area contributed by atoms with Crippen LogP contribution in [0, 0.1) is 5.92 Å². The second-order valence-electron chi connectivity index (χ2n) is 3.52. The zero-order chi connectivity index (χ0) is 7.68. The van der Waals surface area contributed by atoms with Crippen LogP contribution in [0.2, 0.25) is 0 Å². The van der Waals surface area contributed by atoms with Gasteiger partial charge in [-0.1, -0.05) is 0 Å². The van der Waals surface area contributed by atoms with Crippen LogP contribution in [0.25, 0.3) is 0 Å². The number of Topliss-reactive ketones (excluding diaryl/α,β-unsaturated/α-hetero) is 1. The smallest absolute Gasteiger partial charge is 0.138 e. The first-order valence-corrected chi connectivity index (χ1v) is 4.52. The number of carbonyl (C=O) groups excluding carboxylic acids is 1. The average molecular weight is 154 g/mol. The minimum absolute atomic E-state index is 0.262. The summed E-state index contributed by atoms with van der Waals surface area (Å²) in [6, 6.07) is 0. The van der Waals surface area contributed by atoms with Gasteiger partial charge >= 0.3 is 0 Å². The Morgan fingerprint density at radius 2 is 2.18 bits per heavy atom. The quantitative estimate of drug-likeness (QED) is 0.529. The van der Waals surface area contributed by atoms with Gasteiger partial charge in [-0.25, -0.2) is 0 Å². The summed E-state index contributed by atoms with van der Waals surface area (Å²) >= 11 is 0. The molecule has 0 amide bonds. The van der Waals surface area contributed by atoms with Gasteiger partial charge in [-0.2, -0.15) is 0 Å². The van der Waals surface area contributed by atoms with Crippen molar-refractivity contribution in [2.75, 3.05) is 6.61 Å². The van der Waals surface area contributed by atoms with Crippen molar-refractivity contribution in [2.45, 2.75) is 38.2 Å². The maximum atomic E-state index is 11.3. The molecule has 0 aromatic rings. The third-order valence-corrected chi connectivity index (χ3v) is 2.77. The van der Waals surface area contributed by atoms with Crippen LogP contribution in [-0.4, -0.2) is 18.5 Å². The molecule has 2 heteroatoms. The fourth-order valence-electron chi connectivity index (χ4n) is 2.16. The molecule has 1 aliphatic carbocycles. The highest BCUT2D eigenvalue weighted by atomic mass is 16.5. The number of hydrogen-bond donors (Lipinski definition) is 0. The third-order valence-electron chi connectivity index (χ3n) is 2.77. The Kier molecular flexibility index (Phi) is 1.95. The van der Waals surface area contributed by atoms with E-state index < -0.39 is 0 Å². The number of carbonyl (C=O) groups is 1. The van der Waals surface area contributed by atoms with Crippen molar-refractivity contribution in [3.05, 3.63) is 0 Å². The van der Waals surface area contributed by atoms with Gasteiger partial charge in [0.25, 0.3) is 0 Å². The Bertz CT molecular complexity index is 163. The molecular weight excluding hydrogens is 140 g/mol. The van der Waals surface area contributed by atoms with Crippen molar-refractivity contribution in [1.82, 2.24) is 0 Å². The summed E-state index contributed by atoms with van der Waals surface area (Å²) in [6.07, 6.45) is 5.38. The van der Waals surface area contributed by atoms with Crippen LogP contribution in [0.5, 0.6) is 0 Å². The first-order chi connectivity index (χ1) is 5.38. The highest BCUT2D eigenvalue weighted by Gasteiger charge is 2.34. The van der Waals surface area contributed by atoms with Crippen molar-refractivity contribution in [1.29, 1.82) is 0 Å². The molecule has 1 saturated carbocycles. The second-order valence-corrected chi connectivity index (χ2v) is 3.52. The SMILES string of the molecule is O=C1CCCC2OCCCC12. The third kappa shape index (κ3) is 1.32. The van der Waals surface area contributed by atoms with E-state index in [1.165, 1.54) is 0 Å².